The number of aryl methyl sites for hydroxylation is 1. The van der Waals surface area contributed by atoms with Crippen molar-refractivity contribution in [2.45, 2.75) is 44.6 Å². The topological polar surface area (TPSA) is 76.7 Å². The maximum Gasteiger partial charge on any atom is 0.260 e. The number of nitrogens with one attached hydrogen (secondary N) is 1. The number of rotatable bonds is 7. The van der Waals surface area contributed by atoms with Crippen molar-refractivity contribution in [2.24, 2.45) is 10.9 Å². The Morgan fingerprint density at radius 2 is 2.00 bits per heavy atom. The third kappa shape index (κ3) is 5.85. The molecule has 0 bridgehead atoms. The molecule has 114 valence electrons. The van der Waals surface area contributed by atoms with Crippen LogP contribution in [0.1, 0.15) is 37.7 Å². The van der Waals surface area contributed by atoms with E-state index in [0.29, 0.717) is 18.3 Å². The van der Waals surface area contributed by atoms with Crippen molar-refractivity contribution in [3.05, 3.63) is 35.9 Å². The van der Waals surface area contributed by atoms with Crippen molar-refractivity contribution in [2.75, 3.05) is 6.61 Å². The minimum absolute atomic E-state index is 0.0669. The van der Waals surface area contributed by atoms with Gasteiger partial charge in [0.15, 0.2) is 6.61 Å². The number of nitrogens with zero attached hydrogens (tertiary/aromatic N) is 1. The number of oxime groups is 1. The summed E-state index contributed by atoms with van der Waals surface area (Å²) in [6, 6.07) is 10.4. The SMILES string of the molecule is N/C(CCc1ccccc1)=N\OCC(=O)NC1CCCC1. The molecule has 0 unspecified atom stereocenters. The van der Waals surface area contributed by atoms with Crippen LogP contribution in [0.4, 0.5) is 0 Å². The van der Waals surface area contributed by atoms with E-state index in [9.17, 15) is 4.79 Å². The van der Waals surface area contributed by atoms with E-state index in [1.807, 2.05) is 30.3 Å². The molecule has 1 aromatic carbocycles. The van der Waals surface area contributed by atoms with Crippen LogP contribution in [0.3, 0.4) is 0 Å². The quantitative estimate of drug-likeness (QED) is 0.458. The van der Waals surface area contributed by atoms with Gasteiger partial charge in [-0.25, -0.2) is 0 Å². The Balaban J connectivity index is 1.62. The van der Waals surface area contributed by atoms with Gasteiger partial charge in [0, 0.05) is 12.5 Å². The van der Waals surface area contributed by atoms with E-state index in [1.54, 1.807) is 0 Å². The fraction of sp³-hybridized carbons (Fsp3) is 0.500. The first-order valence-corrected chi connectivity index (χ1v) is 7.51. The van der Waals surface area contributed by atoms with Gasteiger partial charge < -0.3 is 15.9 Å². The first-order chi connectivity index (χ1) is 10.2. The second-order valence-electron chi connectivity index (χ2n) is 5.39. The average Bonchev–Trinajstić information content (AvgIpc) is 2.99. The van der Waals surface area contributed by atoms with Crippen LogP contribution in [-0.4, -0.2) is 24.4 Å². The van der Waals surface area contributed by atoms with E-state index < -0.39 is 0 Å². The minimum atomic E-state index is -0.124. The van der Waals surface area contributed by atoms with Gasteiger partial charge in [-0.15, -0.1) is 0 Å². The van der Waals surface area contributed by atoms with Crippen LogP contribution < -0.4 is 11.1 Å². The smallest absolute Gasteiger partial charge is 0.260 e. The van der Waals surface area contributed by atoms with Gasteiger partial charge >= 0.3 is 0 Å². The highest BCUT2D eigenvalue weighted by Crippen LogP contribution is 2.17. The molecule has 2 rings (SSSR count). The lowest BCUT2D eigenvalue weighted by molar-refractivity contribution is -0.126. The predicted molar refractivity (Wildman–Crippen MR) is 82.7 cm³/mol. The molecule has 0 atom stereocenters. The first kappa shape index (κ1) is 15.4. The molecular weight excluding hydrogens is 266 g/mol. The molecule has 1 fully saturated rings. The summed E-state index contributed by atoms with van der Waals surface area (Å²) in [5, 5.41) is 6.72. The molecule has 0 heterocycles. The van der Waals surface area contributed by atoms with Crippen LogP contribution in [0.2, 0.25) is 0 Å². The Hall–Kier alpha value is -2.04. The van der Waals surface area contributed by atoms with E-state index in [-0.39, 0.29) is 12.5 Å². The Morgan fingerprint density at radius 3 is 2.71 bits per heavy atom. The fourth-order valence-corrected chi connectivity index (χ4v) is 2.48. The van der Waals surface area contributed by atoms with Crippen LogP contribution in [-0.2, 0) is 16.1 Å². The van der Waals surface area contributed by atoms with Gasteiger partial charge in [0.25, 0.3) is 5.91 Å². The van der Waals surface area contributed by atoms with Gasteiger partial charge in [-0.05, 0) is 24.8 Å². The Bertz CT molecular complexity index is 468. The zero-order valence-corrected chi connectivity index (χ0v) is 12.3. The molecule has 5 heteroatoms. The summed E-state index contributed by atoms with van der Waals surface area (Å²) < 4.78 is 0. The summed E-state index contributed by atoms with van der Waals surface area (Å²) in [5.41, 5.74) is 6.97. The standard InChI is InChI=1S/C16H23N3O2/c17-15(11-10-13-6-2-1-3-7-13)19-21-12-16(20)18-14-8-4-5-9-14/h1-3,6-7,14H,4-5,8-12H2,(H2,17,19)(H,18,20). The molecule has 0 aliphatic heterocycles. The van der Waals surface area contributed by atoms with E-state index in [0.717, 1.165) is 19.3 Å². The van der Waals surface area contributed by atoms with Gasteiger partial charge in [0.05, 0.1) is 0 Å². The highest BCUT2D eigenvalue weighted by Gasteiger charge is 2.17. The van der Waals surface area contributed by atoms with Crippen LogP contribution >= 0.6 is 0 Å². The molecule has 1 amide bonds. The summed E-state index contributed by atoms with van der Waals surface area (Å²) in [7, 11) is 0. The van der Waals surface area contributed by atoms with Crippen molar-refractivity contribution in [1.82, 2.24) is 5.32 Å². The van der Waals surface area contributed by atoms with Crippen molar-refractivity contribution in [3.8, 4) is 0 Å². The second kappa shape index (κ2) is 8.29. The van der Waals surface area contributed by atoms with Crippen molar-refractivity contribution in [3.63, 3.8) is 0 Å². The van der Waals surface area contributed by atoms with E-state index in [4.69, 9.17) is 10.6 Å². The van der Waals surface area contributed by atoms with Crippen LogP contribution in [0.15, 0.2) is 35.5 Å². The lowest BCUT2D eigenvalue weighted by atomic mass is 10.1. The highest BCUT2D eigenvalue weighted by molar-refractivity contribution is 5.80. The van der Waals surface area contributed by atoms with Crippen LogP contribution in [0, 0.1) is 0 Å². The zero-order valence-electron chi connectivity index (χ0n) is 12.3. The summed E-state index contributed by atoms with van der Waals surface area (Å²) in [5.74, 6) is 0.286. The third-order valence-corrected chi connectivity index (χ3v) is 3.61. The van der Waals surface area contributed by atoms with Gasteiger partial charge in [0.1, 0.15) is 5.84 Å². The molecule has 21 heavy (non-hydrogen) atoms. The number of hydrogen-bond acceptors (Lipinski definition) is 3. The maximum atomic E-state index is 11.6. The number of amides is 1. The molecule has 5 nitrogen and oxygen atoms in total. The molecule has 1 saturated carbocycles. The molecule has 1 aliphatic carbocycles. The normalized spacial score (nSPS) is 15.9. The lowest BCUT2D eigenvalue weighted by Crippen LogP contribution is -2.35. The largest absolute Gasteiger partial charge is 0.384 e. The highest BCUT2D eigenvalue weighted by atomic mass is 16.6. The molecule has 0 spiro atoms. The Morgan fingerprint density at radius 1 is 1.29 bits per heavy atom. The maximum absolute atomic E-state index is 11.6. The molecule has 1 aliphatic rings. The minimum Gasteiger partial charge on any atom is -0.384 e. The summed E-state index contributed by atoms with van der Waals surface area (Å²) in [4.78, 5) is 16.6. The van der Waals surface area contributed by atoms with E-state index in [2.05, 4.69) is 10.5 Å². The van der Waals surface area contributed by atoms with Crippen LogP contribution in [0.5, 0.6) is 0 Å². The molecule has 3 N–H and O–H groups in total. The van der Waals surface area contributed by atoms with Crippen LogP contribution in [0.25, 0.3) is 0 Å². The van der Waals surface area contributed by atoms with E-state index in [1.165, 1.54) is 18.4 Å². The monoisotopic (exact) mass is 289 g/mol. The van der Waals surface area contributed by atoms with Crippen molar-refractivity contribution in [1.29, 1.82) is 0 Å². The number of benzene rings is 1. The Kier molecular flexibility index (Phi) is 6.06. The Labute approximate surface area is 125 Å². The van der Waals surface area contributed by atoms with Gasteiger partial charge in [-0.2, -0.15) is 0 Å². The average molecular weight is 289 g/mol. The summed E-state index contributed by atoms with van der Waals surface area (Å²) in [6.45, 7) is -0.0669. The molecule has 0 aromatic heterocycles. The number of nitrogens with two attached hydrogens (primary N) is 1. The first-order valence-electron chi connectivity index (χ1n) is 7.51. The van der Waals surface area contributed by atoms with Gasteiger partial charge in [-0.3, -0.25) is 4.79 Å². The number of amidine groups is 1. The fourth-order valence-electron chi connectivity index (χ4n) is 2.48. The molecule has 0 radical (unpaired) electrons. The molecule has 1 aromatic rings. The number of carbonyl (C=O) groups is 1. The van der Waals surface area contributed by atoms with E-state index >= 15 is 0 Å². The second-order valence-corrected chi connectivity index (χ2v) is 5.39. The predicted octanol–water partition coefficient (Wildman–Crippen LogP) is 1.97. The van der Waals surface area contributed by atoms with Gasteiger partial charge in [0.2, 0.25) is 0 Å². The molecule has 0 saturated heterocycles. The summed E-state index contributed by atoms with van der Waals surface area (Å²) in [6.07, 6.45) is 5.94. The van der Waals surface area contributed by atoms with Crippen molar-refractivity contribution >= 4 is 11.7 Å². The third-order valence-electron chi connectivity index (χ3n) is 3.61. The van der Waals surface area contributed by atoms with Gasteiger partial charge in [-0.1, -0.05) is 48.3 Å². The zero-order chi connectivity index (χ0) is 14.9. The molecular formula is C16H23N3O2. The lowest BCUT2D eigenvalue weighted by Gasteiger charge is -2.10. The van der Waals surface area contributed by atoms with Crippen molar-refractivity contribution < 1.29 is 9.63 Å². The number of hydrogen-bond donors (Lipinski definition) is 2. The number of carbonyl (C=O) groups excluding carboxylic acids is 1. The summed E-state index contributed by atoms with van der Waals surface area (Å²) >= 11 is 0.